The number of carbonyl (C=O) groups excluding carboxylic acids is 1. The number of hydrogen-bond acceptors (Lipinski definition) is 9. The van der Waals surface area contributed by atoms with E-state index in [-0.39, 0.29) is 0 Å². The Bertz CT molecular complexity index is 1600. The van der Waals surface area contributed by atoms with Gasteiger partial charge in [0.15, 0.2) is 0 Å². The fourth-order valence-electron chi connectivity index (χ4n) is 5.12. The van der Waals surface area contributed by atoms with E-state index in [1.54, 1.807) is 17.9 Å². The van der Waals surface area contributed by atoms with Crippen molar-refractivity contribution in [3.8, 4) is 17.3 Å². The van der Waals surface area contributed by atoms with E-state index >= 15 is 0 Å². The highest BCUT2D eigenvalue weighted by molar-refractivity contribution is 6.11. The molecule has 0 aliphatic carbocycles. The maximum Gasteiger partial charge on any atom is 0.408 e. The molecular formula is C36H53N9O3. The number of allylic oxidation sites excluding steroid dienone is 1. The van der Waals surface area contributed by atoms with Crippen molar-refractivity contribution in [2.75, 3.05) is 20.2 Å². The Balaban J connectivity index is 1.75. The molecule has 260 valence electrons. The third-order valence-electron chi connectivity index (χ3n) is 7.68. The van der Waals surface area contributed by atoms with Crippen LogP contribution in [-0.2, 0) is 36.0 Å². The molecule has 0 saturated carbocycles. The minimum absolute atomic E-state index is 0.392. The molecule has 4 N–H and O–H groups in total. The Morgan fingerprint density at radius 2 is 1.83 bits per heavy atom. The zero-order valence-corrected chi connectivity index (χ0v) is 30.1. The number of nitrogens with two attached hydrogens (primary N) is 1. The van der Waals surface area contributed by atoms with Gasteiger partial charge in [0.2, 0.25) is 0 Å². The molecule has 0 fully saturated rings. The SMILES string of the molecule is CN=CC(=CN)c1nc(CNCCC(C)(C)OCCC(C)(C)NC(=O)OC(C)(C)C)n(CCc2cnn(C)c2)c1-c1ccc(C#N)cc1. The van der Waals surface area contributed by atoms with Gasteiger partial charge in [-0.05, 0) is 92.0 Å². The molecule has 12 nitrogen and oxygen atoms in total. The molecule has 0 bridgehead atoms. The average Bonchev–Trinajstić information content (AvgIpc) is 3.58. The topological polar surface area (TPSA) is 157 Å². The van der Waals surface area contributed by atoms with Gasteiger partial charge in [-0.3, -0.25) is 9.67 Å². The van der Waals surface area contributed by atoms with E-state index in [1.807, 2.05) is 78.3 Å². The van der Waals surface area contributed by atoms with Gasteiger partial charge in [0.25, 0.3) is 0 Å². The maximum absolute atomic E-state index is 12.3. The van der Waals surface area contributed by atoms with Crippen LogP contribution in [0.5, 0.6) is 0 Å². The Labute approximate surface area is 285 Å². The number of benzene rings is 1. The molecule has 2 aromatic heterocycles. The predicted octanol–water partition coefficient (Wildman–Crippen LogP) is 5.37. The van der Waals surface area contributed by atoms with Gasteiger partial charge in [-0.15, -0.1) is 0 Å². The highest BCUT2D eigenvalue weighted by Crippen LogP contribution is 2.30. The monoisotopic (exact) mass is 659 g/mol. The Morgan fingerprint density at radius 1 is 1.12 bits per heavy atom. The maximum atomic E-state index is 12.3. The lowest BCUT2D eigenvalue weighted by Gasteiger charge is -2.31. The van der Waals surface area contributed by atoms with Gasteiger partial charge in [0, 0.05) is 62.5 Å². The summed E-state index contributed by atoms with van der Waals surface area (Å²) >= 11 is 0. The van der Waals surface area contributed by atoms with Crippen LogP contribution in [0.25, 0.3) is 16.8 Å². The molecular weight excluding hydrogens is 606 g/mol. The lowest BCUT2D eigenvalue weighted by atomic mass is 10.0. The van der Waals surface area contributed by atoms with Crippen molar-refractivity contribution < 1.29 is 14.3 Å². The average molecular weight is 660 g/mol. The molecule has 12 heteroatoms. The van der Waals surface area contributed by atoms with Crippen LogP contribution in [-0.4, -0.2) is 68.6 Å². The largest absolute Gasteiger partial charge is 0.444 e. The van der Waals surface area contributed by atoms with E-state index in [0.29, 0.717) is 43.8 Å². The summed E-state index contributed by atoms with van der Waals surface area (Å²) in [5.41, 5.74) is 9.62. The molecule has 0 atom stereocenters. The molecule has 3 aromatic rings. The smallest absolute Gasteiger partial charge is 0.408 e. The van der Waals surface area contributed by atoms with Gasteiger partial charge in [-0.25, -0.2) is 9.78 Å². The van der Waals surface area contributed by atoms with Gasteiger partial charge < -0.3 is 30.4 Å². The summed E-state index contributed by atoms with van der Waals surface area (Å²) < 4.78 is 15.7. The van der Waals surface area contributed by atoms with Crippen LogP contribution >= 0.6 is 0 Å². The molecule has 0 spiro atoms. The first kappa shape index (κ1) is 38.0. The van der Waals surface area contributed by atoms with Crippen molar-refractivity contribution in [1.82, 2.24) is 30.0 Å². The summed E-state index contributed by atoms with van der Waals surface area (Å²) in [5, 5.41) is 20.2. The summed E-state index contributed by atoms with van der Waals surface area (Å²) in [6.45, 7) is 16.0. The van der Waals surface area contributed by atoms with Gasteiger partial charge >= 0.3 is 6.09 Å². The molecule has 1 aromatic carbocycles. The van der Waals surface area contributed by atoms with E-state index in [1.165, 1.54) is 6.20 Å². The number of nitrogens with zero attached hydrogens (tertiary/aromatic N) is 6. The summed E-state index contributed by atoms with van der Waals surface area (Å²) in [6.07, 6.45) is 8.84. The van der Waals surface area contributed by atoms with Gasteiger partial charge in [0.1, 0.15) is 11.4 Å². The van der Waals surface area contributed by atoms with Crippen LogP contribution in [0, 0.1) is 11.3 Å². The van der Waals surface area contributed by atoms with Gasteiger partial charge in [-0.1, -0.05) is 12.1 Å². The molecule has 48 heavy (non-hydrogen) atoms. The zero-order valence-electron chi connectivity index (χ0n) is 30.1. The molecule has 1 amide bonds. The molecule has 0 radical (unpaired) electrons. The number of aliphatic imine (C=N–C) groups is 1. The van der Waals surface area contributed by atoms with E-state index < -0.39 is 22.8 Å². The summed E-state index contributed by atoms with van der Waals surface area (Å²) in [5.74, 6) is 0.853. The van der Waals surface area contributed by atoms with E-state index in [2.05, 4.69) is 45.2 Å². The molecule has 3 rings (SSSR count). The molecule has 0 aliphatic rings. The number of amides is 1. The van der Waals surface area contributed by atoms with Crippen LogP contribution in [0.1, 0.15) is 84.0 Å². The minimum atomic E-state index is -0.553. The van der Waals surface area contributed by atoms with Crippen molar-refractivity contribution in [2.24, 2.45) is 17.8 Å². The van der Waals surface area contributed by atoms with Crippen molar-refractivity contribution in [2.45, 2.75) is 97.6 Å². The third-order valence-corrected chi connectivity index (χ3v) is 7.68. The molecule has 0 aliphatic heterocycles. The van der Waals surface area contributed by atoms with Crippen LogP contribution in [0.3, 0.4) is 0 Å². The first-order valence-electron chi connectivity index (χ1n) is 16.3. The van der Waals surface area contributed by atoms with Crippen molar-refractivity contribution in [3.63, 3.8) is 0 Å². The molecule has 2 heterocycles. The molecule has 0 unspecified atom stereocenters. The number of nitriles is 1. The number of aryl methyl sites for hydroxylation is 2. The summed E-state index contributed by atoms with van der Waals surface area (Å²) in [6, 6.07) is 9.71. The van der Waals surface area contributed by atoms with E-state index in [9.17, 15) is 10.1 Å². The number of imidazole rings is 1. The predicted molar refractivity (Wildman–Crippen MR) is 190 cm³/mol. The normalized spacial score (nSPS) is 12.8. The fraction of sp³-hybridized carbons (Fsp3) is 0.528. The van der Waals surface area contributed by atoms with Crippen LogP contribution in [0.15, 0.2) is 47.9 Å². The highest BCUT2D eigenvalue weighted by Gasteiger charge is 2.27. The van der Waals surface area contributed by atoms with Crippen LogP contribution in [0.4, 0.5) is 4.79 Å². The third kappa shape index (κ3) is 11.6. The first-order valence-corrected chi connectivity index (χ1v) is 16.3. The lowest BCUT2D eigenvalue weighted by Crippen LogP contribution is -2.46. The van der Waals surface area contributed by atoms with Crippen molar-refractivity contribution in [1.29, 1.82) is 5.26 Å². The number of rotatable bonds is 16. The lowest BCUT2D eigenvalue weighted by molar-refractivity contribution is -0.0308. The van der Waals surface area contributed by atoms with Crippen LogP contribution < -0.4 is 16.4 Å². The highest BCUT2D eigenvalue weighted by atomic mass is 16.6. The van der Waals surface area contributed by atoms with Crippen molar-refractivity contribution >= 4 is 17.9 Å². The number of carbonyl (C=O) groups is 1. The standard InChI is InChI=1S/C36H53N9O3/c1-34(2,3)48-33(46)43-35(4,5)16-19-47-36(6,7)15-17-40-24-30-42-31(29(21-38)23-39-8)32(28-12-10-26(20-37)11-13-28)45(30)18-14-27-22-41-44(9)25-27/h10-13,21-23,25,40H,14-19,24,38H2,1-9H3,(H,43,46). The van der Waals surface area contributed by atoms with Gasteiger partial charge in [0.05, 0.1) is 41.4 Å². The molecule has 0 saturated heterocycles. The summed E-state index contributed by atoms with van der Waals surface area (Å²) in [4.78, 5) is 21.6. The number of aromatic nitrogens is 4. The summed E-state index contributed by atoms with van der Waals surface area (Å²) in [7, 11) is 3.61. The van der Waals surface area contributed by atoms with Crippen LogP contribution in [0.2, 0.25) is 0 Å². The minimum Gasteiger partial charge on any atom is -0.444 e. The Hall–Kier alpha value is -4.47. The second kappa shape index (κ2) is 16.6. The second-order valence-electron chi connectivity index (χ2n) is 14.1. The Kier molecular flexibility index (Phi) is 13.1. The van der Waals surface area contributed by atoms with Crippen molar-refractivity contribution in [3.05, 3.63) is 65.5 Å². The fourth-order valence-corrected chi connectivity index (χ4v) is 5.12. The number of nitrogens with one attached hydrogen (secondary N) is 2. The zero-order chi connectivity index (χ0) is 35.5. The van der Waals surface area contributed by atoms with Gasteiger partial charge in [-0.2, -0.15) is 10.4 Å². The second-order valence-corrected chi connectivity index (χ2v) is 14.1. The van der Waals surface area contributed by atoms with E-state index in [4.69, 9.17) is 20.2 Å². The first-order chi connectivity index (χ1) is 22.6. The van der Waals surface area contributed by atoms with E-state index in [0.717, 1.165) is 41.2 Å². The number of hydrogen-bond donors (Lipinski definition) is 3. The Morgan fingerprint density at radius 3 is 2.42 bits per heavy atom. The number of ether oxygens (including phenoxy) is 2. The quantitative estimate of drug-likeness (QED) is 0.137. The number of alkyl carbamates (subject to hydrolysis) is 1.